The Labute approximate surface area is 80.7 Å². The van der Waals surface area contributed by atoms with Crippen LogP contribution in [0.15, 0.2) is 0 Å². The maximum atomic E-state index is 12.5. The van der Waals surface area contributed by atoms with E-state index in [1.807, 2.05) is 0 Å². The van der Waals surface area contributed by atoms with Crippen molar-refractivity contribution in [3.8, 4) is 0 Å². The highest BCUT2D eigenvalue weighted by Gasteiger charge is 2.28. The monoisotopic (exact) mass is 208 g/mol. The van der Waals surface area contributed by atoms with Crippen molar-refractivity contribution >= 4 is 5.91 Å². The van der Waals surface area contributed by atoms with E-state index in [0.29, 0.717) is 19.4 Å². The van der Waals surface area contributed by atoms with Crippen LogP contribution in [-0.2, 0) is 4.79 Å². The van der Waals surface area contributed by atoms with Gasteiger partial charge < -0.3 is 15.7 Å². The van der Waals surface area contributed by atoms with E-state index in [-0.39, 0.29) is 11.9 Å². The van der Waals surface area contributed by atoms with Crippen LogP contribution >= 0.6 is 0 Å². The normalized spacial score (nSPS) is 22.5. The molecule has 6 heteroatoms. The van der Waals surface area contributed by atoms with E-state index in [2.05, 4.69) is 10.6 Å². The number of hydrogen-bond donors (Lipinski definition) is 3. The van der Waals surface area contributed by atoms with Crippen LogP contribution in [0.1, 0.15) is 12.8 Å². The predicted octanol–water partition coefficient (Wildman–Crippen LogP) is -0.518. The molecule has 1 aliphatic rings. The number of alkyl halides is 2. The third-order valence-electron chi connectivity index (χ3n) is 2.09. The van der Waals surface area contributed by atoms with Crippen molar-refractivity contribution in [1.82, 2.24) is 10.6 Å². The first kappa shape index (κ1) is 11.3. The molecule has 0 bridgehead atoms. The number of rotatable bonds is 5. The number of hydrogen-bond acceptors (Lipinski definition) is 3. The first-order chi connectivity index (χ1) is 6.53. The molecule has 0 saturated carbocycles. The Morgan fingerprint density at radius 3 is 2.86 bits per heavy atom. The smallest absolute Gasteiger partial charge is 0.282 e. The third-order valence-corrected chi connectivity index (χ3v) is 2.09. The van der Waals surface area contributed by atoms with Crippen LogP contribution < -0.4 is 10.6 Å². The van der Waals surface area contributed by atoms with Crippen LogP contribution in [0.4, 0.5) is 8.78 Å². The zero-order chi connectivity index (χ0) is 10.6. The maximum absolute atomic E-state index is 12.5. The Balaban J connectivity index is 2.12. The van der Waals surface area contributed by atoms with Crippen LogP contribution in [0.3, 0.4) is 0 Å². The van der Waals surface area contributed by atoms with Gasteiger partial charge in [0.2, 0.25) is 5.91 Å². The van der Waals surface area contributed by atoms with E-state index in [1.165, 1.54) is 0 Å². The molecular formula is C8H14F2N2O2. The van der Waals surface area contributed by atoms with E-state index < -0.39 is 19.1 Å². The van der Waals surface area contributed by atoms with Gasteiger partial charge in [-0.05, 0) is 6.42 Å². The molecule has 0 spiro atoms. The molecule has 0 aromatic heterocycles. The van der Waals surface area contributed by atoms with Gasteiger partial charge in [0.1, 0.15) is 6.61 Å². The fourth-order valence-corrected chi connectivity index (χ4v) is 1.32. The van der Waals surface area contributed by atoms with E-state index >= 15 is 0 Å². The fourth-order valence-electron chi connectivity index (χ4n) is 1.32. The van der Waals surface area contributed by atoms with Gasteiger partial charge >= 0.3 is 0 Å². The van der Waals surface area contributed by atoms with Crippen molar-refractivity contribution in [2.45, 2.75) is 24.8 Å². The van der Waals surface area contributed by atoms with Crippen molar-refractivity contribution in [1.29, 1.82) is 0 Å². The summed E-state index contributed by atoms with van der Waals surface area (Å²) < 4.78 is 25.0. The van der Waals surface area contributed by atoms with Crippen LogP contribution in [0.5, 0.6) is 0 Å². The van der Waals surface area contributed by atoms with Crippen molar-refractivity contribution < 1.29 is 18.7 Å². The molecule has 3 N–H and O–H groups in total. The molecule has 1 saturated heterocycles. The van der Waals surface area contributed by atoms with E-state index in [9.17, 15) is 13.6 Å². The molecule has 4 nitrogen and oxygen atoms in total. The molecule has 1 amide bonds. The summed E-state index contributed by atoms with van der Waals surface area (Å²) in [7, 11) is 0. The molecule has 0 aliphatic carbocycles. The SMILES string of the molecule is O=C1CCC(CNCC(F)(F)CO)N1. The number of nitrogens with one attached hydrogen (secondary N) is 2. The molecular weight excluding hydrogens is 194 g/mol. The number of amides is 1. The Hall–Kier alpha value is -0.750. The predicted molar refractivity (Wildman–Crippen MR) is 46.1 cm³/mol. The number of aliphatic hydroxyl groups is 1. The molecule has 1 aliphatic heterocycles. The summed E-state index contributed by atoms with van der Waals surface area (Å²) in [5.74, 6) is -3.12. The Morgan fingerprint density at radius 1 is 1.64 bits per heavy atom. The van der Waals surface area contributed by atoms with E-state index in [0.717, 1.165) is 0 Å². The van der Waals surface area contributed by atoms with Crippen LogP contribution in [0, 0.1) is 0 Å². The Bertz CT molecular complexity index is 212. The van der Waals surface area contributed by atoms with Gasteiger partial charge in [-0.15, -0.1) is 0 Å². The molecule has 1 rings (SSSR count). The van der Waals surface area contributed by atoms with Gasteiger partial charge in [-0.25, -0.2) is 8.78 Å². The molecule has 1 fully saturated rings. The topological polar surface area (TPSA) is 61.4 Å². The summed E-state index contributed by atoms with van der Waals surface area (Å²) in [5.41, 5.74) is 0. The van der Waals surface area contributed by atoms with Crippen LogP contribution in [-0.4, -0.2) is 42.7 Å². The second-order valence-corrected chi connectivity index (χ2v) is 3.45. The summed E-state index contributed by atoms with van der Waals surface area (Å²) >= 11 is 0. The summed E-state index contributed by atoms with van der Waals surface area (Å²) in [6.45, 7) is -1.39. The van der Waals surface area contributed by atoms with Crippen molar-refractivity contribution in [2.24, 2.45) is 0 Å². The second-order valence-electron chi connectivity index (χ2n) is 3.45. The second kappa shape index (κ2) is 4.65. The first-order valence-corrected chi connectivity index (χ1v) is 4.52. The quantitative estimate of drug-likeness (QED) is 0.570. The average molecular weight is 208 g/mol. The fraction of sp³-hybridized carbons (Fsp3) is 0.875. The zero-order valence-corrected chi connectivity index (χ0v) is 7.72. The average Bonchev–Trinajstić information content (AvgIpc) is 2.51. The zero-order valence-electron chi connectivity index (χ0n) is 7.72. The summed E-state index contributed by atoms with van der Waals surface area (Å²) in [6, 6.07) is -0.0583. The van der Waals surface area contributed by atoms with Crippen LogP contribution in [0.2, 0.25) is 0 Å². The lowest BCUT2D eigenvalue weighted by molar-refractivity contribution is -0.119. The van der Waals surface area contributed by atoms with Crippen molar-refractivity contribution in [2.75, 3.05) is 19.7 Å². The highest BCUT2D eigenvalue weighted by atomic mass is 19.3. The molecule has 0 aromatic carbocycles. The molecule has 14 heavy (non-hydrogen) atoms. The molecule has 1 heterocycles. The first-order valence-electron chi connectivity index (χ1n) is 4.52. The van der Waals surface area contributed by atoms with Gasteiger partial charge in [-0.3, -0.25) is 4.79 Å². The van der Waals surface area contributed by atoms with E-state index in [1.54, 1.807) is 0 Å². The largest absolute Gasteiger partial charge is 0.390 e. The summed E-state index contributed by atoms with van der Waals surface area (Å²) in [6.07, 6.45) is 1.14. The van der Waals surface area contributed by atoms with Crippen LogP contribution in [0.25, 0.3) is 0 Å². The van der Waals surface area contributed by atoms with Gasteiger partial charge in [0, 0.05) is 19.0 Å². The number of aliphatic hydroxyl groups excluding tert-OH is 1. The van der Waals surface area contributed by atoms with Gasteiger partial charge in [0.05, 0.1) is 6.54 Å². The standard InChI is InChI=1S/C8H14F2N2O2/c9-8(10,5-13)4-11-3-6-1-2-7(14)12-6/h6,11,13H,1-5H2,(H,12,14). The minimum atomic E-state index is -3.08. The number of carbonyl (C=O) groups excluding carboxylic acids is 1. The van der Waals surface area contributed by atoms with E-state index in [4.69, 9.17) is 5.11 Å². The minimum Gasteiger partial charge on any atom is -0.390 e. The third kappa shape index (κ3) is 3.55. The van der Waals surface area contributed by atoms with Crippen molar-refractivity contribution in [3.05, 3.63) is 0 Å². The molecule has 1 atom stereocenters. The Morgan fingerprint density at radius 2 is 2.36 bits per heavy atom. The molecule has 0 radical (unpaired) electrons. The van der Waals surface area contributed by atoms with Gasteiger partial charge in [0.25, 0.3) is 5.92 Å². The lowest BCUT2D eigenvalue weighted by Crippen LogP contribution is -2.42. The lowest BCUT2D eigenvalue weighted by atomic mass is 10.2. The maximum Gasteiger partial charge on any atom is 0.282 e. The highest BCUT2D eigenvalue weighted by Crippen LogP contribution is 2.10. The Kier molecular flexibility index (Phi) is 3.77. The number of halogens is 2. The number of carbonyl (C=O) groups is 1. The highest BCUT2D eigenvalue weighted by molar-refractivity contribution is 5.78. The summed E-state index contributed by atoms with van der Waals surface area (Å²) in [4.78, 5) is 10.7. The molecule has 82 valence electrons. The van der Waals surface area contributed by atoms with Crippen molar-refractivity contribution in [3.63, 3.8) is 0 Å². The lowest BCUT2D eigenvalue weighted by Gasteiger charge is -2.16. The minimum absolute atomic E-state index is 0.0364. The van der Waals surface area contributed by atoms with Gasteiger partial charge in [0.15, 0.2) is 0 Å². The van der Waals surface area contributed by atoms with Gasteiger partial charge in [-0.1, -0.05) is 0 Å². The molecule has 0 aromatic rings. The van der Waals surface area contributed by atoms with Gasteiger partial charge in [-0.2, -0.15) is 0 Å². The summed E-state index contributed by atoms with van der Waals surface area (Å²) in [5, 5.41) is 13.4. The molecule has 1 unspecified atom stereocenters.